The SMILES string of the molecule is CCCNC(=O)c1cc(N2CCN(c3ccccc3)CC2)nc(C)n1. The molecule has 0 aliphatic carbocycles. The van der Waals surface area contributed by atoms with E-state index in [2.05, 4.69) is 49.4 Å². The molecule has 0 unspecified atom stereocenters. The predicted octanol–water partition coefficient (Wildman–Crippen LogP) is 2.25. The molecule has 0 radical (unpaired) electrons. The Morgan fingerprint density at radius 1 is 1.08 bits per heavy atom. The van der Waals surface area contributed by atoms with Gasteiger partial charge in [-0.3, -0.25) is 4.79 Å². The van der Waals surface area contributed by atoms with Gasteiger partial charge in [0.2, 0.25) is 0 Å². The van der Waals surface area contributed by atoms with Crippen molar-refractivity contribution in [3.8, 4) is 0 Å². The monoisotopic (exact) mass is 339 g/mol. The number of para-hydroxylation sites is 1. The van der Waals surface area contributed by atoms with Crippen molar-refractivity contribution >= 4 is 17.4 Å². The standard InChI is InChI=1S/C19H25N5O/c1-3-9-20-19(25)17-14-18(22-15(2)21-17)24-12-10-23(11-13-24)16-7-5-4-6-8-16/h4-8,14H,3,9-13H2,1-2H3,(H,20,25). The second-order valence-corrected chi connectivity index (χ2v) is 6.22. The number of carbonyl (C=O) groups is 1. The zero-order chi connectivity index (χ0) is 17.6. The van der Waals surface area contributed by atoms with Crippen molar-refractivity contribution in [1.82, 2.24) is 15.3 Å². The molecule has 1 amide bonds. The summed E-state index contributed by atoms with van der Waals surface area (Å²) >= 11 is 0. The maximum Gasteiger partial charge on any atom is 0.270 e. The number of rotatable bonds is 5. The van der Waals surface area contributed by atoms with Crippen molar-refractivity contribution in [2.24, 2.45) is 0 Å². The van der Waals surface area contributed by atoms with Crippen LogP contribution in [0, 0.1) is 6.92 Å². The van der Waals surface area contributed by atoms with Crippen LogP contribution in [0.1, 0.15) is 29.7 Å². The summed E-state index contributed by atoms with van der Waals surface area (Å²) < 4.78 is 0. The highest BCUT2D eigenvalue weighted by Gasteiger charge is 2.20. The van der Waals surface area contributed by atoms with Gasteiger partial charge in [-0.15, -0.1) is 0 Å². The topological polar surface area (TPSA) is 61.4 Å². The van der Waals surface area contributed by atoms with E-state index in [1.165, 1.54) is 5.69 Å². The number of benzene rings is 1. The summed E-state index contributed by atoms with van der Waals surface area (Å²) in [5.41, 5.74) is 1.70. The number of nitrogens with one attached hydrogen (secondary N) is 1. The van der Waals surface area contributed by atoms with Gasteiger partial charge in [0.05, 0.1) is 0 Å². The molecule has 6 nitrogen and oxygen atoms in total. The van der Waals surface area contributed by atoms with E-state index in [4.69, 9.17) is 0 Å². The zero-order valence-electron chi connectivity index (χ0n) is 14.9. The quantitative estimate of drug-likeness (QED) is 0.905. The minimum absolute atomic E-state index is 0.128. The number of piperazine rings is 1. The molecule has 1 aromatic heterocycles. The molecule has 1 aliphatic heterocycles. The summed E-state index contributed by atoms with van der Waals surface area (Å²) in [5, 5.41) is 2.88. The molecule has 1 saturated heterocycles. The number of hydrogen-bond donors (Lipinski definition) is 1. The number of amides is 1. The third kappa shape index (κ3) is 4.26. The Kier molecular flexibility index (Phi) is 5.48. The predicted molar refractivity (Wildman–Crippen MR) is 100 cm³/mol. The van der Waals surface area contributed by atoms with Gasteiger partial charge in [0.15, 0.2) is 0 Å². The number of nitrogens with zero attached hydrogens (tertiary/aromatic N) is 4. The van der Waals surface area contributed by atoms with Crippen molar-refractivity contribution in [1.29, 1.82) is 0 Å². The fourth-order valence-corrected chi connectivity index (χ4v) is 2.99. The van der Waals surface area contributed by atoms with E-state index >= 15 is 0 Å². The van der Waals surface area contributed by atoms with E-state index < -0.39 is 0 Å². The Labute approximate surface area is 148 Å². The minimum Gasteiger partial charge on any atom is -0.368 e. The van der Waals surface area contributed by atoms with E-state index in [-0.39, 0.29) is 5.91 Å². The van der Waals surface area contributed by atoms with Gasteiger partial charge >= 0.3 is 0 Å². The summed E-state index contributed by atoms with van der Waals surface area (Å²) in [5.74, 6) is 1.34. The smallest absolute Gasteiger partial charge is 0.270 e. The maximum atomic E-state index is 12.2. The second kappa shape index (κ2) is 7.96. The van der Waals surface area contributed by atoms with Gasteiger partial charge in [0.25, 0.3) is 5.91 Å². The van der Waals surface area contributed by atoms with Crippen LogP contribution in [-0.2, 0) is 0 Å². The lowest BCUT2D eigenvalue weighted by Crippen LogP contribution is -2.47. The Balaban J connectivity index is 1.68. The molecule has 0 spiro atoms. The highest BCUT2D eigenvalue weighted by molar-refractivity contribution is 5.92. The van der Waals surface area contributed by atoms with Crippen molar-refractivity contribution in [2.75, 3.05) is 42.5 Å². The molecule has 1 fully saturated rings. The molecule has 0 bridgehead atoms. The van der Waals surface area contributed by atoms with E-state index in [0.717, 1.165) is 38.4 Å². The van der Waals surface area contributed by atoms with Crippen molar-refractivity contribution < 1.29 is 4.79 Å². The molecule has 2 heterocycles. The van der Waals surface area contributed by atoms with Crippen molar-refractivity contribution in [3.63, 3.8) is 0 Å². The molecule has 132 valence electrons. The highest BCUT2D eigenvalue weighted by Crippen LogP contribution is 2.19. The summed E-state index contributed by atoms with van der Waals surface area (Å²) in [7, 11) is 0. The van der Waals surface area contributed by atoms with Gasteiger partial charge in [-0.25, -0.2) is 9.97 Å². The van der Waals surface area contributed by atoms with E-state index in [9.17, 15) is 4.79 Å². The average Bonchev–Trinajstić information content (AvgIpc) is 2.66. The van der Waals surface area contributed by atoms with Crippen LogP contribution in [0.2, 0.25) is 0 Å². The molecule has 0 saturated carbocycles. The summed E-state index contributed by atoms with van der Waals surface area (Å²) in [6.07, 6.45) is 0.907. The Morgan fingerprint density at radius 3 is 2.44 bits per heavy atom. The number of aryl methyl sites for hydroxylation is 1. The summed E-state index contributed by atoms with van der Waals surface area (Å²) in [6, 6.07) is 12.2. The van der Waals surface area contributed by atoms with Crippen LogP contribution >= 0.6 is 0 Å². The minimum atomic E-state index is -0.128. The van der Waals surface area contributed by atoms with Gasteiger partial charge in [-0.1, -0.05) is 25.1 Å². The molecular weight excluding hydrogens is 314 g/mol. The van der Waals surface area contributed by atoms with Gasteiger partial charge in [-0.05, 0) is 25.5 Å². The number of hydrogen-bond acceptors (Lipinski definition) is 5. The Bertz CT molecular complexity index is 711. The molecule has 1 N–H and O–H groups in total. The molecule has 3 rings (SSSR count). The maximum absolute atomic E-state index is 12.2. The van der Waals surface area contributed by atoms with Crippen LogP contribution in [0.5, 0.6) is 0 Å². The van der Waals surface area contributed by atoms with Gasteiger partial charge < -0.3 is 15.1 Å². The van der Waals surface area contributed by atoms with Gasteiger partial charge in [0, 0.05) is 44.5 Å². The molecule has 2 aromatic rings. The lowest BCUT2D eigenvalue weighted by molar-refractivity contribution is 0.0948. The molecule has 25 heavy (non-hydrogen) atoms. The Morgan fingerprint density at radius 2 is 1.76 bits per heavy atom. The lowest BCUT2D eigenvalue weighted by Gasteiger charge is -2.36. The number of carbonyl (C=O) groups excluding carboxylic acids is 1. The van der Waals surface area contributed by atoms with Crippen molar-refractivity contribution in [2.45, 2.75) is 20.3 Å². The van der Waals surface area contributed by atoms with E-state index in [1.54, 1.807) is 6.07 Å². The fraction of sp³-hybridized carbons (Fsp3) is 0.421. The second-order valence-electron chi connectivity index (χ2n) is 6.22. The largest absolute Gasteiger partial charge is 0.368 e. The van der Waals surface area contributed by atoms with Crippen molar-refractivity contribution in [3.05, 3.63) is 47.9 Å². The fourth-order valence-electron chi connectivity index (χ4n) is 2.99. The average molecular weight is 339 g/mol. The first kappa shape index (κ1) is 17.2. The lowest BCUT2D eigenvalue weighted by atomic mass is 10.2. The first-order valence-corrected chi connectivity index (χ1v) is 8.86. The van der Waals surface area contributed by atoms with Crippen LogP contribution in [-0.4, -0.2) is 48.6 Å². The Hall–Kier alpha value is -2.63. The van der Waals surface area contributed by atoms with Crippen LogP contribution in [0.15, 0.2) is 36.4 Å². The molecule has 1 aliphatic rings. The van der Waals surface area contributed by atoms with Crippen LogP contribution in [0.25, 0.3) is 0 Å². The summed E-state index contributed by atoms with van der Waals surface area (Å²) in [6.45, 7) is 8.15. The number of anilines is 2. The van der Waals surface area contributed by atoms with E-state index in [0.29, 0.717) is 18.1 Å². The molecular formula is C19H25N5O. The normalized spacial score (nSPS) is 14.5. The number of aromatic nitrogens is 2. The third-order valence-electron chi connectivity index (χ3n) is 4.32. The summed E-state index contributed by atoms with van der Waals surface area (Å²) in [4.78, 5) is 25.6. The van der Waals surface area contributed by atoms with E-state index in [1.807, 2.05) is 19.9 Å². The molecule has 6 heteroatoms. The van der Waals surface area contributed by atoms with Gasteiger partial charge in [-0.2, -0.15) is 0 Å². The van der Waals surface area contributed by atoms with Crippen LogP contribution in [0.4, 0.5) is 11.5 Å². The van der Waals surface area contributed by atoms with Crippen LogP contribution < -0.4 is 15.1 Å². The molecule has 0 atom stereocenters. The zero-order valence-corrected chi connectivity index (χ0v) is 14.9. The first-order valence-electron chi connectivity index (χ1n) is 8.86. The van der Waals surface area contributed by atoms with Crippen LogP contribution in [0.3, 0.4) is 0 Å². The first-order chi connectivity index (χ1) is 12.2. The third-order valence-corrected chi connectivity index (χ3v) is 4.32. The molecule has 1 aromatic carbocycles. The highest BCUT2D eigenvalue weighted by atomic mass is 16.1. The van der Waals surface area contributed by atoms with Gasteiger partial charge in [0.1, 0.15) is 17.3 Å².